The number of hydrazone groups is 1. The molecule has 1 heterocycles. The van der Waals surface area contributed by atoms with Gasteiger partial charge in [0.1, 0.15) is 0 Å². The molecule has 0 saturated heterocycles. The molecule has 1 aromatic heterocycles. The van der Waals surface area contributed by atoms with Crippen molar-refractivity contribution in [1.29, 1.82) is 0 Å². The number of hydrogen-bond acceptors (Lipinski definition) is 4. The zero-order valence-electron chi connectivity index (χ0n) is 13.3. The predicted molar refractivity (Wildman–Crippen MR) is 91.7 cm³/mol. The van der Waals surface area contributed by atoms with Crippen LogP contribution in [0.25, 0.3) is 0 Å². The van der Waals surface area contributed by atoms with Crippen LogP contribution in [0.1, 0.15) is 35.7 Å². The first kappa shape index (κ1) is 15.9. The van der Waals surface area contributed by atoms with Gasteiger partial charge in [-0.1, -0.05) is 12.1 Å². The molecule has 1 aliphatic rings. The number of amides is 2. The Hall–Kier alpha value is -3.02. The van der Waals surface area contributed by atoms with Crippen molar-refractivity contribution < 1.29 is 9.59 Å². The highest BCUT2D eigenvalue weighted by molar-refractivity contribution is 6.01. The topological polar surface area (TPSA) is 83.4 Å². The van der Waals surface area contributed by atoms with Gasteiger partial charge in [-0.05, 0) is 49.6 Å². The molecule has 122 valence electrons. The molecule has 0 bridgehead atoms. The molecule has 0 atom stereocenters. The molecule has 1 aliphatic carbocycles. The third kappa shape index (κ3) is 4.04. The van der Waals surface area contributed by atoms with Gasteiger partial charge in [-0.25, -0.2) is 5.43 Å². The van der Waals surface area contributed by atoms with E-state index in [0.29, 0.717) is 11.3 Å². The second kappa shape index (κ2) is 7.04. The molecule has 2 amide bonds. The van der Waals surface area contributed by atoms with Crippen molar-refractivity contribution in [3.63, 3.8) is 0 Å². The third-order valence-corrected chi connectivity index (χ3v) is 3.79. The fourth-order valence-corrected chi connectivity index (χ4v) is 2.15. The van der Waals surface area contributed by atoms with Crippen LogP contribution >= 0.6 is 0 Å². The van der Waals surface area contributed by atoms with E-state index < -0.39 is 0 Å². The van der Waals surface area contributed by atoms with Gasteiger partial charge in [0.15, 0.2) is 0 Å². The first-order valence-corrected chi connectivity index (χ1v) is 7.79. The number of nitrogens with one attached hydrogen (secondary N) is 2. The summed E-state index contributed by atoms with van der Waals surface area (Å²) < 4.78 is 0. The fourth-order valence-electron chi connectivity index (χ4n) is 2.15. The Morgan fingerprint density at radius 2 is 1.71 bits per heavy atom. The smallest absolute Gasteiger partial charge is 0.271 e. The van der Waals surface area contributed by atoms with E-state index in [4.69, 9.17) is 0 Å². The second-order valence-electron chi connectivity index (χ2n) is 5.71. The molecular weight excluding hydrogens is 304 g/mol. The van der Waals surface area contributed by atoms with E-state index in [1.54, 1.807) is 24.5 Å². The Balaban J connectivity index is 1.60. The van der Waals surface area contributed by atoms with Crippen LogP contribution in [0.15, 0.2) is 53.9 Å². The SMILES string of the molecule is C/C(=N\NC(=O)c1ccncc1)c1ccc(NC(=O)C2CC2)cc1. The highest BCUT2D eigenvalue weighted by Gasteiger charge is 2.29. The standard InChI is InChI=1S/C18H18N4O2/c1-12(21-22-18(24)15-8-10-19-11-9-15)13-4-6-16(7-5-13)20-17(23)14-2-3-14/h4-11,14H,2-3H2,1H3,(H,20,23)(H,22,24)/b21-12+. The highest BCUT2D eigenvalue weighted by atomic mass is 16.2. The van der Waals surface area contributed by atoms with E-state index in [1.807, 2.05) is 31.2 Å². The Labute approximate surface area is 140 Å². The summed E-state index contributed by atoms with van der Waals surface area (Å²) in [4.78, 5) is 27.5. The maximum Gasteiger partial charge on any atom is 0.271 e. The molecule has 0 unspecified atom stereocenters. The summed E-state index contributed by atoms with van der Waals surface area (Å²) in [5, 5.41) is 7.00. The molecule has 1 fully saturated rings. The maximum atomic E-state index is 11.9. The number of hydrogen-bond donors (Lipinski definition) is 2. The molecule has 0 spiro atoms. The highest BCUT2D eigenvalue weighted by Crippen LogP contribution is 2.30. The van der Waals surface area contributed by atoms with Gasteiger partial charge >= 0.3 is 0 Å². The van der Waals surface area contributed by atoms with E-state index in [1.165, 1.54) is 0 Å². The maximum absolute atomic E-state index is 11.9. The Morgan fingerprint density at radius 1 is 1.04 bits per heavy atom. The van der Waals surface area contributed by atoms with E-state index in [0.717, 1.165) is 24.1 Å². The Kier molecular flexibility index (Phi) is 4.65. The van der Waals surface area contributed by atoms with Crippen molar-refractivity contribution in [3.8, 4) is 0 Å². The molecule has 2 aromatic rings. The number of benzene rings is 1. The Bertz CT molecular complexity index is 765. The van der Waals surface area contributed by atoms with E-state index in [9.17, 15) is 9.59 Å². The second-order valence-corrected chi connectivity index (χ2v) is 5.71. The number of nitrogens with zero attached hydrogens (tertiary/aromatic N) is 2. The van der Waals surface area contributed by atoms with Gasteiger partial charge in [-0.15, -0.1) is 0 Å². The van der Waals surface area contributed by atoms with E-state index in [2.05, 4.69) is 20.8 Å². The molecule has 0 aliphatic heterocycles. The minimum absolute atomic E-state index is 0.0813. The molecule has 3 rings (SSSR count). The zero-order valence-corrected chi connectivity index (χ0v) is 13.3. The lowest BCUT2D eigenvalue weighted by Gasteiger charge is -2.06. The van der Waals surface area contributed by atoms with Gasteiger partial charge in [-0.2, -0.15) is 5.10 Å². The minimum Gasteiger partial charge on any atom is -0.326 e. The van der Waals surface area contributed by atoms with Crippen LogP contribution in [0.2, 0.25) is 0 Å². The lowest BCUT2D eigenvalue weighted by molar-refractivity contribution is -0.117. The first-order valence-electron chi connectivity index (χ1n) is 7.79. The largest absolute Gasteiger partial charge is 0.326 e. The van der Waals surface area contributed by atoms with Crippen molar-refractivity contribution in [2.75, 3.05) is 5.32 Å². The van der Waals surface area contributed by atoms with E-state index in [-0.39, 0.29) is 17.7 Å². The normalized spacial score (nSPS) is 14.1. The average molecular weight is 322 g/mol. The van der Waals surface area contributed by atoms with Crippen LogP contribution in [0.4, 0.5) is 5.69 Å². The van der Waals surface area contributed by atoms with Crippen LogP contribution in [0, 0.1) is 5.92 Å². The molecule has 1 aromatic carbocycles. The molecule has 24 heavy (non-hydrogen) atoms. The van der Waals surface area contributed by atoms with Crippen molar-refractivity contribution in [3.05, 3.63) is 59.9 Å². The van der Waals surface area contributed by atoms with Crippen LogP contribution in [0.3, 0.4) is 0 Å². The fraction of sp³-hybridized carbons (Fsp3) is 0.222. The number of pyridine rings is 1. The Morgan fingerprint density at radius 3 is 2.33 bits per heavy atom. The number of aromatic nitrogens is 1. The average Bonchev–Trinajstić information content (AvgIpc) is 3.46. The van der Waals surface area contributed by atoms with Crippen LogP contribution < -0.4 is 10.7 Å². The van der Waals surface area contributed by atoms with Crippen molar-refractivity contribution in [2.24, 2.45) is 11.0 Å². The molecular formula is C18H18N4O2. The third-order valence-electron chi connectivity index (χ3n) is 3.79. The predicted octanol–water partition coefficient (Wildman–Crippen LogP) is 2.58. The van der Waals surface area contributed by atoms with Crippen molar-refractivity contribution in [1.82, 2.24) is 10.4 Å². The zero-order chi connectivity index (χ0) is 16.9. The van der Waals surface area contributed by atoms with Crippen LogP contribution in [0.5, 0.6) is 0 Å². The van der Waals surface area contributed by atoms with Crippen molar-refractivity contribution in [2.45, 2.75) is 19.8 Å². The number of carbonyl (C=O) groups excluding carboxylic acids is 2. The van der Waals surface area contributed by atoms with Gasteiger partial charge < -0.3 is 5.32 Å². The summed E-state index contributed by atoms with van der Waals surface area (Å²) in [5.41, 5.74) is 5.33. The minimum atomic E-state index is -0.287. The number of anilines is 1. The summed E-state index contributed by atoms with van der Waals surface area (Å²) in [6.07, 6.45) is 5.07. The summed E-state index contributed by atoms with van der Waals surface area (Å²) in [6.45, 7) is 1.81. The van der Waals surface area contributed by atoms with Gasteiger partial charge in [0.05, 0.1) is 5.71 Å². The quantitative estimate of drug-likeness (QED) is 0.655. The first-order chi connectivity index (χ1) is 11.6. The summed E-state index contributed by atoms with van der Waals surface area (Å²) in [5.74, 6) is -0.0285. The van der Waals surface area contributed by atoms with E-state index >= 15 is 0 Å². The monoisotopic (exact) mass is 322 g/mol. The lowest BCUT2D eigenvalue weighted by Crippen LogP contribution is -2.19. The van der Waals surface area contributed by atoms with Gasteiger partial charge in [-0.3, -0.25) is 14.6 Å². The molecule has 6 heteroatoms. The molecule has 6 nitrogen and oxygen atoms in total. The van der Waals surface area contributed by atoms with Gasteiger partial charge in [0.25, 0.3) is 5.91 Å². The number of carbonyl (C=O) groups is 2. The molecule has 2 N–H and O–H groups in total. The summed E-state index contributed by atoms with van der Waals surface area (Å²) >= 11 is 0. The van der Waals surface area contributed by atoms with Crippen LogP contribution in [-0.4, -0.2) is 22.5 Å². The van der Waals surface area contributed by atoms with Crippen LogP contribution in [-0.2, 0) is 4.79 Å². The summed E-state index contributed by atoms with van der Waals surface area (Å²) in [7, 11) is 0. The molecule has 1 saturated carbocycles. The van der Waals surface area contributed by atoms with Gasteiger partial charge in [0.2, 0.25) is 5.91 Å². The lowest BCUT2D eigenvalue weighted by atomic mass is 10.1. The number of rotatable bonds is 5. The van der Waals surface area contributed by atoms with Crippen molar-refractivity contribution >= 4 is 23.2 Å². The molecule has 0 radical (unpaired) electrons. The van der Waals surface area contributed by atoms with Gasteiger partial charge in [0, 0.05) is 29.6 Å². The summed E-state index contributed by atoms with van der Waals surface area (Å²) in [6, 6.07) is 10.6.